The van der Waals surface area contributed by atoms with E-state index >= 15 is 0 Å². The molecule has 0 bridgehead atoms. The fourth-order valence-electron chi connectivity index (χ4n) is 3.07. The summed E-state index contributed by atoms with van der Waals surface area (Å²) in [6.45, 7) is 3.81. The Morgan fingerprint density at radius 3 is 2.68 bits per heavy atom. The minimum absolute atomic E-state index is 0.314. The van der Waals surface area contributed by atoms with Crippen molar-refractivity contribution in [3.63, 3.8) is 0 Å². The van der Waals surface area contributed by atoms with Crippen LogP contribution in [0.4, 0.5) is 0 Å². The highest BCUT2D eigenvalue weighted by Gasteiger charge is 2.19. The molecular formula is C22H21ClN2O3. The summed E-state index contributed by atoms with van der Waals surface area (Å²) in [7, 11) is 0. The molecule has 2 aromatic carbocycles. The monoisotopic (exact) mass is 396 g/mol. The molecule has 5 nitrogen and oxygen atoms in total. The summed E-state index contributed by atoms with van der Waals surface area (Å²) >= 11 is 5.93. The van der Waals surface area contributed by atoms with Gasteiger partial charge < -0.3 is 10.1 Å². The normalized spacial score (nSPS) is 10.7. The number of hydrogen-bond acceptors (Lipinski definition) is 4. The van der Waals surface area contributed by atoms with Crippen LogP contribution in [0.2, 0.25) is 5.02 Å². The average molecular weight is 397 g/mol. The van der Waals surface area contributed by atoms with Crippen molar-refractivity contribution in [1.82, 2.24) is 10.3 Å². The summed E-state index contributed by atoms with van der Waals surface area (Å²) in [6.07, 6.45) is 0.705. The van der Waals surface area contributed by atoms with Crippen molar-refractivity contribution >= 4 is 34.4 Å². The van der Waals surface area contributed by atoms with Crippen molar-refractivity contribution in [3.05, 3.63) is 75.9 Å². The number of amides is 1. The van der Waals surface area contributed by atoms with Gasteiger partial charge in [-0.05, 0) is 42.7 Å². The Kier molecular flexibility index (Phi) is 6.26. The van der Waals surface area contributed by atoms with Crippen LogP contribution in [0, 0.1) is 6.92 Å². The van der Waals surface area contributed by atoms with Crippen LogP contribution in [0.3, 0.4) is 0 Å². The summed E-state index contributed by atoms with van der Waals surface area (Å²) in [5.41, 5.74) is 3.70. The quantitative estimate of drug-likeness (QED) is 0.633. The van der Waals surface area contributed by atoms with Crippen LogP contribution in [-0.4, -0.2) is 23.5 Å². The lowest BCUT2D eigenvalue weighted by Crippen LogP contribution is -2.28. The first-order valence-corrected chi connectivity index (χ1v) is 9.44. The van der Waals surface area contributed by atoms with Crippen LogP contribution < -0.4 is 5.32 Å². The van der Waals surface area contributed by atoms with Crippen molar-refractivity contribution in [3.8, 4) is 0 Å². The highest BCUT2D eigenvalue weighted by atomic mass is 35.5. The van der Waals surface area contributed by atoms with Crippen LogP contribution in [0.25, 0.3) is 10.9 Å². The minimum Gasteiger partial charge on any atom is -0.452 e. The maximum Gasteiger partial charge on any atom is 0.339 e. The Hall–Kier alpha value is -2.92. The van der Waals surface area contributed by atoms with Gasteiger partial charge in [0.2, 0.25) is 0 Å². The molecule has 0 radical (unpaired) electrons. The van der Waals surface area contributed by atoms with E-state index in [1.807, 2.05) is 50.2 Å². The standard InChI is InChI=1S/C22H21ClN2O3/c1-3-18-14(2)21(17-9-4-5-10-19(17)25-18)22(27)28-13-20(26)24-12-15-7-6-8-16(23)11-15/h4-11H,3,12-13H2,1-2H3,(H,24,26). The van der Waals surface area contributed by atoms with Gasteiger partial charge in [0.1, 0.15) is 0 Å². The highest BCUT2D eigenvalue weighted by Crippen LogP contribution is 2.24. The molecule has 28 heavy (non-hydrogen) atoms. The predicted molar refractivity (Wildman–Crippen MR) is 109 cm³/mol. The van der Waals surface area contributed by atoms with Gasteiger partial charge in [-0.15, -0.1) is 0 Å². The van der Waals surface area contributed by atoms with Crippen molar-refractivity contribution in [2.75, 3.05) is 6.61 Å². The van der Waals surface area contributed by atoms with E-state index in [0.717, 1.165) is 27.7 Å². The SMILES string of the molecule is CCc1nc2ccccc2c(C(=O)OCC(=O)NCc2cccc(Cl)c2)c1C. The number of ether oxygens (including phenoxy) is 1. The maximum atomic E-state index is 12.7. The van der Waals surface area contributed by atoms with Gasteiger partial charge in [-0.3, -0.25) is 9.78 Å². The van der Waals surface area contributed by atoms with E-state index in [1.54, 1.807) is 12.1 Å². The predicted octanol–water partition coefficient (Wildman–Crippen LogP) is 4.23. The van der Waals surface area contributed by atoms with Crippen molar-refractivity contribution in [2.45, 2.75) is 26.8 Å². The average Bonchev–Trinajstić information content (AvgIpc) is 2.70. The lowest BCUT2D eigenvalue weighted by atomic mass is 10.0. The zero-order chi connectivity index (χ0) is 20.1. The van der Waals surface area contributed by atoms with Crippen molar-refractivity contribution in [1.29, 1.82) is 0 Å². The molecule has 0 saturated heterocycles. The minimum atomic E-state index is -0.524. The molecule has 6 heteroatoms. The first-order valence-electron chi connectivity index (χ1n) is 9.06. The maximum absolute atomic E-state index is 12.7. The van der Waals surface area contributed by atoms with E-state index in [4.69, 9.17) is 16.3 Å². The van der Waals surface area contributed by atoms with Crippen molar-refractivity contribution in [2.24, 2.45) is 0 Å². The topological polar surface area (TPSA) is 68.3 Å². The number of hydrogen-bond donors (Lipinski definition) is 1. The fraction of sp³-hybridized carbons (Fsp3) is 0.227. The lowest BCUT2D eigenvalue weighted by molar-refractivity contribution is -0.124. The van der Waals surface area contributed by atoms with Gasteiger partial charge in [0.15, 0.2) is 6.61 Å². The summed E-state index contributed by atoms with van der Waals surface area (Å²) in [5.74, 6) is -0.899. The Morgan fingerprint density at radius 1 is 1.14 bits per heavy atom. The number of benzene rings is 2. The first kappa shape index (κ1) is 19.8. The molecule has 3 rings (SSSR count). The lowest BCUT2D eigenvalue weighted by Gasteiger charge is -2.13. The second kappa shape index (κ2) is 8.85. The molecular weight excluding hydrogens is 376 g/mol. The van der Waals surface area contributed by atoms with Gasteiger partial charge in [-0.2, -0.15) is 0 Å². The summed E-state index contributed by atoms with van der Waals surface area (Å²) in [6, 6.07) is 14.6. The Bertz CT molecular complexity index is 1030. The van der Waals surface area contributed by atoms with Crippen LogP contribution in [-0.2, 0) is 22.5 Å². The van der Waals surface area contributed by atoms with E-state index in [2.05, 4.69) is 10.3 Å². The molecule has 1 amide bonds. The second-order valence-electron chi connectivity index (χ2n) is 6.41. The van der Waals surface area contributed by atoms with Crippen LogP contribution in [0.5, 0.6) is 0 Å². The fourth-order valence-corrected chi connectivity index (χ4v) is 3.28. The van der Waals surface area contributed by atoms with Gasteiger partial charge in [0.05, 0.1) is 11.1 Å². The number of esters is 1. The van der Waals surface area contributed by atoms with Crippen molar-refractivity contribution < 1.29 is 14.3 Å². The highest BCUT2D eigenvalue weighted by molar-refractivity contribution is 6.30. The molecule has 1 aromatic heterocycles. The largest absolute Gasteiger partial charge is 0.452 e. The molecule has 0 fully saturated rings. The number of aryl methyl sites for hydroxylation is 1. The molecule has 0 aliphatic heterocycles. The Balaban J connectivity index is 1.69. The van der Waals surface area contributed by atoms with E-state index in [1.165, 1.54) is 0 Å². The third kappa shape index (κ3) is 4.49. The summed E-state index contributed by atoms with van der Waals surface area (Å²) in [5, 5.41) is 4.05. The van der Waals surface area contributed by atoms with Gasteiger partial charge in [0.25, 0.3) is 5.91 Å². The van der Waals surface area contributed by atoms with Gasteiger partial charge in [0, 0.05) is 22.6 Å². The van der Waals surface area contributed by atoms with E-state index in [9.17, 15) is 9.59 Å². The third-order valence-corrected chi connectivity index (χ3v) is 4.72. The number of rotatable bonds is 6. The van der Waals surface area contributed by atoms with Gasteiger partial charge >= 0.3 is 5.97 Å². The number of nitrogens with zero attached hydrogens (tertiary/aromatic N) is 1. The zero-order valence-corrected chi connectivity index (χ0v) is 16.5. The number of para-hydroxylation sites is 1. The molecule has 3 aromatic rings. The smallest absolute Gasteiger partial charge is 0.339 e. The van der Waals surface area contributed by atoms with E-state index in [0.29, 0.717) is 23.6 Å². The van der Waals surface area contributed by atoms with Crippen LogP contribution in [0.15, 0.2) is 48.5 Å². The molecule has 1 N–H and O–H groups in total. The molecule has 1 heterocycles. The van der Waals surface area contributed by atoms with Crippen LogP contribution >= 0.6 is 11.6 Å². The van der Waals surface area contributed by atoms with Crippen LogP contribution in [0.1, 0.15) is 34.1 Å². The molecule has 0 spiro atoms. The van der Waals surface area contributed by atoms with E-state index in [-0.39, 0.29) is 12.5 Å². The first-order chi connectivity index (χ1) is 13.5. The molecule has 144 valence electrons. The number of nitrogens with one attached hydrogen (secondary N) is 1. The van der Waals surface area contributed by atoms with E-state index < -0.39 is 5.97 Å². The molecule has 0 unspecified atom stereocenters. The number of fused-ring (bicyclic) bond motifs is 1. The molecule has 0 aliphatic carbocycles. The number of pyridine rings is 1. The Morgan fingerprint density at radius 2 is 1.93 bits per heavy atom. The number of halogens is 1. The summed E-state index contributed by atoms with van der Waals surface area (Å²) in [4.78, 5) is 29.4. The number of carbonyl (C=O) groups is 2. The molecule has 0 aliphatic rings. The third-order valence-electron chi connectivity index (χ3n) is 4.49. The number of aromatic nitrogens is 1. The molecule has 0 saturated carbocycles. The van der Waals surface area contributed by atoms with Gasteiger partial charge in [-0.25, -0.2) is 4.79 Å². The summed E-state index contributed by atoms with van der Waals surface area (Å²) < 4.78 is 5.29. The van der Waals surface area contributed by atoms with Gasteiger partial charge in [-0.1, -0.05) is 48.9 Å². The second-order valence-corrected chi connectivity index (χ2v) is 6.85. The number of carbonyl (C=O) groups excluding carboxylic acids is 2. The Labute approximate surface area is 168 Å². The molecule has 0 atom stereocenters. The zero-order valence-electron chi connectivity index (χ0n) is 15.8.